The molecule has 12 heteroatoms. The lowest BCUT2D eigenvalue weighted by Crippen LogP contribution is -2.71. The fourth-order valence-electron chi connectivity index (χ4n) is 6.14. The Morgan fingerprint density at radius 2 is 1.85 bits per heavy atom. The molecule has 1 aromatic rings. The van der Waals surface area contributed by atoms with Gasteiger partial charge in [0.15, 0.2) is 6.10 Å². The van der Waals surface area contributed by atoms with Gasteiger partial charge in [-0.05, 0) is 45.5 Å². The van der Waals surface area contributed by atoms with Gasteiger partial charge in [-0.15, -0.1) is 0 Å². The molecule has 1 aliphatic carbocycles. The molecular weight excluding hydrogens is 526 g/mol. The zero-order chi connectivity index (χ0) is 28.7. The number of likely N-dealkylation sites (tertiary alicyclic amines) is 1. The minimum Gasteiger partial charge on any atom is -0.481 e. The third-order valence-corrected chi connectivity index (χ3v) is 8.28. The summed E-state index contributed by atoms with van der Waals surface area (Å²) >= 11 is 0. The number of aryl methyl sites for hydroxylation is 1. The highest BCUT2D eigenvalue weighted by atomic mass is 16.6. The normalized spacial score (nSPS) is 27.5. The predicted molar refractivity (Wildman–Crippen MR) is 139 cm³/mol. The first-order valence-electron chi connectivity index (χ1n) is 12.7. The van der Waals surface area contributed by atoms with Crippen molar-refractivity contribution in [2.75, 3.05) is 13.6 Å². The van der Waals surface area contributed by atoms with Gasteiger partial charge in [0.25, 0.3) is 0 Å². The molecular formula is C28H37NO11. The lowest BCUT2D eigenvalue weighted by Gasteiger charge is -2.58. The van der Waals surface area contributed by atoms with E-state index in [4.69, 9.17) is 24.4 Å². The fraction of sp³-hybridized carbons (Fsp3) is 0.571. The number of piperidine rings is 1. The second-order valence-electron chi connectivity index (χ2n) is 10.4. The third kappa shape index (κ3) is 5.06. The van der Waals surface area contributed by atoms with Gasteiger partial charge >= 0.3 is 23.9 Å². The maximum atomic E-state index is 12.8. The molecule has 12 nitrogen and oxygen atoms in total. The van der Waals surface area contributed by atoms with E-state index in [0.29, 0.717) is 24.3 Å². The van der Waals surface area contributed by atoms with E-state index in [1.807, 2.05) is 27.0 Å². The Labute approximate surface area is 232 Å². The van der Waals surface area contributed by atoms with Crippen LogP contribution in [0.1, 0.15) is 63.1 Å². The summed E-state index contributed by atoms with van der Waals surface area (Å²) in [5.41, 5.74) is -0.0199. The maximum absolute atomic E-state index is 12.8. The average Bonchev–Trinajstić information content (AvgIpc) is 3.24. The summed E-state index contributed by atoms with van der Waals surface area (Å²) in [5, 5.41) is 40.0. The first kappa shape index (κ1) is 31.1. The summed E-state index contributed by atoms with van der Waals surface area (Å²) in [6.07, 6.45) is -2.34. The van der Waals surface area contributed by atoms with Crippen molar-refractivity contribution in [3.05, 3.63) is 40.7 Å². The number of carbonyl (C=O) groups excluding carboxylic acids is 2. The SMILES string of the molecule is C.Cc1ccc(CO)c2c1[C@]13CCN(C)[C@H](C)[C@]1(O)CC=C(OC(=O)CCC(=O)O[C@H](CC(=O)O)C(=O)O)[C@@H]3O2. The number of carboxylic acids is 2. The molecule has 0 amide bonds. The molecule has 0 bridgehead atoms. The second kappa shape index (κ2) is 11.6. The Morgan fingerprint density at radius 3 is 2.48 bits per heavy atom. The van der Waals surface area contributed by atoms with Crippen molar-refractivity contribution >= 4 is 23.9 Å². The number of aliphatic carboxylic acids is 2. The van der Waals surface area contributed by atoms with E-state index in [1.165, 1.54) is 0 Å². The summed E-state index contributed by atoms with van der Waals surface area (Å²) in [5.74, 6) is -4.27. The lowest BCUT2D eigenvalue weighted by molar-refractivity contribution is -0.168. The van der Waals surface area contributed by atoms with Crippen LogP contribution < -0.4 is 4.74 Å². The highest BCUT2D eigenvalue weighted by Gasteiger charge is 2.69. The second-order valence-corrected chi connectivity index (χ2v) is 10.4. The van der Waals surface area contributed by atoms with Gasteiger partial charge in [-0.3, -0.25) is 14.4 Å². The topological polar surface area (TPSA) is 180 Å². The van der Waals surface area contributed by atoms with Crippen LogP contribution in [-0.2, 0) is 40.7 Å². The van der Waals surface area contributed by atoms with E-state index in [2.05, 4.69) is 4.90 Å². The first-order valence-corrected chi connectivity index (χ1v) is 12.7. The number of aliphatic hydroxyl groups excluding tert-OH is 1. The predicted octanol–water partition coefficient (Wildman–Crippen LogP) is 1.66. The number of likely N-dealkylation sites (N-methyl/N-ethyl adjacent to an activating group) is 1. The van der Waals surface area contributed by atoms with Crippen LogP contribution in [0.15, 0.2) is 24.0 Å². The van der Waals surface area contributed by atoms with Crippen molar-refractivity contribution in [2.45, 2.75) is 89.3 Å². The zero-order valence-corrected chi connectivity index (χ0v) is 22.0. The average molecular weight is 564 g/mol. The molecule has 1 fully saturated rings. The number of esters is 2. The monoisotopic (exact) mass is 563 g/mol. The summed E-state index contributed by atoms with van der Waals surface area (Å²) < 4.78 is 16.7. The molecule has 4 rings (SSSR count). The maximum Gasteiger partial charge on any atom is 0.345 e. The van der Waals surface area contributed by atoms with Gasteiger partial charge in [-0.25, -0.2) is 4.79 Å². The number of rotatable bonds is 9. The van der Waals surface area contributed by atoms with Gasteiger partial charge in [0, 0.05) is 23.6 Å². The molecule has 0 saturated carbocycles. The molecule has 40 heavy (non-hydrogen) atoms. The van der Waals surface area contributed by atoms with Crippen molar-refractivity contribution in [1.82, 2.24) is 4.90 Å². The molecule has 1 spiro atoms. The van der Waals surface area contributed by atoms with Crippen LogP contribution in [0.5, 0.6) is 5.75 Å². The summed E-state index contributed by atoms with van der Waals surface area (Å²) in [4.78, 5) is 48.8. The van der Waals surface area contributed by atoms with Gasteiger partial charge < -0.3 is 39.5 Å². The van der Waals surface area contributed by atoms with E-state index in [9.17, 15) is 29.4 Å². The minimum atomic E-state index is -1.87. The smallest absolute Gasteiger partial charge is 0.345 e. The highest BCUT2D eigenvalue weighted by molar-refractivity contribution is 5.84. The Morgan fingerprint density at radius 1 is 1.18 bits per heavy atom. The van der Waals surface area contributed by atoms with Crippen LogP contribution in [-0.4, -0.2) is 86.6 Å². The van der Waals surface area contributed by atoms with Crippen LogP contribution in [0.4, 0.5) is 0 Å². The number of hydrogen-bond acceptors (Lipinski definition) is 10. The molecule has 0 aromatic heterocycles. The van der Waals surface area contributed by atoms with E-state index >= 15 is 0 Å². The van der Waals surface area contributed by atoms with Crippen molar-refractivity contribution in [3.63, 3.8) is 0 Å². The summed E-state index contributed by atoms with van der Waals surface area (Å²) in [7, 11) is 1.93. The number of hydrogen-bond donors (Lipinski definition) is 4. The van der Waals surface area contributed by atoms with E-state index in [-0.39, 0.29) is 32.3 Å². The third-order valence-electron chi connectivity index (χ3n) is 8.28. The Hall–Kier alpha value is -3.48. The van der Waals surface area contributed by atoms with Crippen molar-refractivity contribution in [2.24, 2.45) is 0 Å². The van der Waals surface area contributed by atoms with Gasteiger partial charge in [0.05, 0.1) is 36.9 Å². The zero-order valence-electron chi connectivity index (χ0n) is 22.0. The van der Waals surface area contributed by atoms with Crippen LogP contribution >= 0.6 is 0 Å². The van der Waals surface area contributed by atoms with Gasteiger partial charge in [-0.2, -0.15) is 0 Å². The number of aliphatic hydroxyl groups is 2. The molecule has 220 valence electrons. The largest absolute Gasteiger partial charge is 0.481 e. The van der Waals surface area contributed by atoms with E-state index in [0.717, 1.165) is 11.1 Å². The standard InChI is InChI=1S/C27H33NO11.CH4/c1-14-4-5-16(13-29)23-22(14)26-10-11-28(3)15(2)27(26,36)9-8-17(24(26)39-23)37-20(32)6-7-21(33)38-18(25(34)35)12-19(30)31;/h4-5,8,15,18,24,29,36H,6-7,9-13H2,1-3H3,(H,30,31)(H,34,35);1H4/t15-,18-,24+,26+,27-;/m1./s1. The number of nitrogens with zero attached hydrogens (tertiary/aromatic N) is 1. The van der Waals surface area contributed by atoms with Gasteiger partial charge in [-0.1, -0.05) is 19.6 Å². The van der Waals surface area contributed by atoms with Crippen molar-refractivity contribution in [1.29, 1.82) is 0 Å². The fourth-order valence-corrected chi connectivity index (χ4v) is 6.14. The van der Waals surface area contributed by atoms with Crippen LogP contribution in [0, 0.1) is 6.92 Å². The molecule has 0 radical (unpaired) electrons. The molecule has 0 unspecified atom stereocenters. The highest BCUT2D eigenvalue weighted by Crippen LogP contribution is 2.61. The molecule has 5 atom stereocenters. The molecule has 4 N–H and O–H groups in total. The number of ether oxygens (including phenoxy) is 3. The molecule has 1 aromatic carbocycles. The number of carboxylic acid groups (broad SMARTS) is 2. The van der Waals surface area contributed by atoms with E-state index < -0.39 is 66.4 Å². The Balaban J connectivity index is 0.00000441. The van der Waals surface area contributed by atoms with Crippen LogP contribution in [0.25, 0.3) is 0 Å². The first-order chi connectivity index (χ1) is 18.4. The summed E-state index contributed by atoms with van der Waals surface area (Å²) in [6, 6.07) is 3.37. The number of benzene rings is 1. The van der Waals surface area contributed by atoms with Gasteiger partial charge in [0.1, 0.15) is 11.5 Å². The van der Waals surface area contributed by atoms with Crippen LogP contribution in [0.3, 0.4) is 0 Å². The molecule has 1 saturated heterocycles. The molecule has 2 aliphatic heterocycles. The van der Waals surface area contributed by atoms with Crippen LogP contribution in [0.2, 0.25) is 0 Å². The van der Waals surface area contributed by atoms with Crippen molar-refractivity contribution in [3.8, 4) is 5.75 Å². The lowest BCUT2D eigenvalue weighted by atomic mass is 9.54. The number of carbonyl (C=O) groups is 4. The van der Waals surface area contributed by atoms with Crippen molar-refractivity contribution < 1.29 is 53.8 Å². The quantitative estimate of drug-likeness (QED) is 0.320. The van der Waals surface area contributed by atoms with E-state index in [1.54, 1.807) is 12.1 Å². The Kier molecular flexibility index (Phi) is 8.97. The van der Waals surface area contributed by atoms with Gasteiger partial charge in [0.2, 0.25) is 6.10 Å². The summed E-state index contributed by atoms with van der Waals surface area (Å²) in [6.45, 7) is 4.21. The Bertz CT molecular complexity index is 1230. The minimum absolute atomic E-state index is 0. The molecule has 2 heterocycles. The number of fused-ring (bicyclic) bond motifs is 1. The molecule has 3 aliphatic rings.